The normalized spacial score (nSPS) is 18.5. The van der Waals surface area contributed by atoms with Gasteiger partial charge in [0.1, 0.15) is 31.5 Å². The van der Waals surface area contributed by atoms with Crippen molar-refractivity contribution in [3.05, 3.63) is 64.7 Å². The van der Waals surface area contributed by atoms with Crippen molar-refractivity contribution in [1.29, 1.82) is 0 Å². The van der Waals surface area contributed by atoms with E-state index in [0.717, 1.165) is 12.5 Å². The third kappa shape index (κ3) is 5.04. The molecule has 0 amide bonds. The molecular weight excluding hydrogens is 448 g/mol. The third-order valence-corrected chi connectivity index (χ3v) is 7.48. The summed E-state index contributed by atoms with van der Waals surface area (Å²) in [6.45, 7) is 0. The van der Waals surface area contributed by atoms with Crippen molar-refractivity contribution >= 4 is 37.1 Å². The van der Waals surface area contributed by atoms with E-state index in [-0.39, 0.29) is 30.1 Å². The summed E-state index contributed by atoms with van der Waals surface area (Å²) in [5.41, 5.74) is -0.400. The predicted molar refractivity (Wildman–Crippen MR) is 117 cm³/mol. The Morgan fingerprint density at radius 1 is 0.900 bits per heavy atom. The van der Waals surface area contributed by atoms with Crippen molar-refractivity contribution in [3.63, 3.8) is 0 Å². The highest BCUT2D eigenvalue weighted by atomic mass is 35.5. The summed E-state index contributed by atoms with van der Waals surface area (Å²) < 4.78 is 54.1. The van der Waals surface area contributed by atoms with Gasteiger partial charge in [-0.1, -0.05) is 35.9 Å². The van der Waals surface area contributed by atoms with E-state index in [1.807, 2.05) is 0 Å². The van der Waals surface area contributed by atoms with Gasteiger partial charge in [0, 0.05) is 17.5 Å². The topological polar surface area (TPSA) is 94.6 Å². The predicted octanol–water partition coefficient (Wildman–Crippen LogP) is 3.51. The number of ether oxygens (including phenoxy) is 1. The van der Waals surface area contributed by atoms with Gasteiger partial charge >= 0.3 is 0 Å². The van der Waals surface area contributed by atoms with Crippen LogP contribution in [0.5, 0.6) is 5.75 Å². The minimum absolute atomic E-state index is 0.0538. The highest BCUT2D eigenvalue weighted by molar-refractivity contribution is 7.90. The number of carbonyl (C=O) groups is 1. The molecule has 0 radical (unpaired) electrons. The second-order valence-electron chi connectivity index (χ2n) is 7.79. The molecule has 0 bridgehead atoms. The molecule has 0 saturated carbocycles. The van der Waals surface area contributed by atoms with Crippen LogP contribution in [0.15, 0.2) is 48.5 Å². The number of para-hydroxylation sites is 1. The highest BCUT2D eigenvalue weighted by Crippen LogP contribution is 2.51. The lowest BCUT2D eigenvalue weighted by Gasteiger charge is -2.43. The molecule has 0 fully saturated rings. The second-order valence-corrected chi connectivity index (χ2v) is 12.7. The summed E-state index contributed by atoms with van der Waals surface area (Å²) in [7, 11) is -6.81. The first-order chi connectivity index (χ1) is 13.9. The Balaban J connectivity index is 2.19. The van der Waals surface area contributed by atoms with Crippen LogP contribution in [0.3, 0.4) is 0 Å². The summed E-state index contributed by atoms with van der Waals surface area (Å²) in [5, 5.41) is 0.499. The monoisotopic (exact) mass is 470 g/mol. The van der Waals surface area contributed by atoms with Crippen LogP contribution in [-0.2, 0) is 19.7 Å². The van der Waals surface area contributed by atoms with Gasteiger partial charge < -0.3 is 4.74 Å². The van der Waals surface area contributed by atoms with E-state index < -0.39 is 31.2 Å². The molecule has 1 aliphatic heterocycles. The number of carbonyl (C=O) groups excluding carboxylic acids is 1. The lowest BCUT2D eigenvalue weighted by Crippen LogP contribution is -2.46. The number of rotatable bonds is 7. The first kappa shape index (κ1) is 22.8. The van der Waals surface area contributed by atoms with Crippen LogP contribution in [-0.4, -0.2) is 46.6 Å². The van der Waals surface area contributed by atoms with Crippen LogP contribution in [0.25, 0.3) is 0 Å². The smallest absolute Gasteiger partial charge is 0.176 e. The van der Waals surface area contributed by atoms with Gasteiger partial charge in [-0.05, 0) is 42.7 Å². The summed E-state index contributed by atoms with van der Waals surface area (Å²) in [5.74, 6) is -0.454. The molecule has 0 saturated heterocycles. The van der Waals surface area contributed by atoms with Crippen LogP contribution in [0, 0.1) is 5.41 Å². The minimum atomic E-state index is -3.41. The molecule has 0 N–H and O–H groups in total. The van der Waals surface area contributed by atoms with Crippen molar-refractivity contribution in [2.45, 2.75) is 18.9 Å². The Hall–Kier alpha value is -1.90. The fraction of sp³-hybridized carbons (Fsp3) is 0.381. The maximum absolute atomic E-state index is 13.7. The summed E-state index contributed by atoms with van der Waals surface area (Å²) in [4.78, 5) is 13.7. The molecule has 0 aliphatic carbocycles. The Bertz CT molecular complexity index is 1120. The molecule has 0 spiro atoms. The Morgan fingerprint density at radius 2 is 1.43 bits per heavy atom. The Kier molecular flexibility index (Phi) is 6.32. The molecule has 1 aliphatic rings. The van der Waals surface area contributed by atoms with E-state index in [2.05, 4.69) is 0 Å². The lowest BCUT2D eigenvalue weighted by atomic mass is 9.68. The van der Waals surface area contributed by atoms with Gasteiger partial charge in [0.15, 0.2) is 5.78 Å². The molecule has 0 aromatic heterocycles. The molecule has 2 aromatic carbocycles. The zero-order chi connectivity index (χ0) is 22.2. The molecule has 1 heterocycles. The average Bonchev–Trinajstić information content (AvgIpc) is 2.66. The molecule has 30 heavy (non-hydrogen) atoms. The van der Waals surface area contributed by atoms with Crippen LogP contribution >= 0.6 is 11.6 Å². The lowest BCUT2D eigenvalue weighted by molar-refractivity contribution is 0.0210. The van der Waals surface area contributed by atoms with Gasteiger partial charge in [0.25, 0.3) is 0 Å². The number of fused-ring (bicyclic) bond motifs is 1. The van der Waals surface area contributed by atoms with E-state index in [0.29, 0.717) is 21.9 Å². The Labute approximate surface area is 182 Å². The van der Waals surface area contributed by atoms with E-state index in [1.165, 1.54) is 0 Å². The zero-order valence-electron chi connectivity index (χ0n) is 16.7. The van der Waals surface area contributed by atoms with E-state index in [9.17, 15) is 21.6 Å². The van der Waals surface area contributed by atoms with Gasteiger partial charge in [-0.2, -0.15) is 0 Å². The molecule has 6 nitrogen and oxygen atoms in total. The number of benzene rings is 2. The third-order valence-electron chi connectivity index (χ3n) is 5.34. The maximum atomic E-state index is 13.7. The Morgan fingerprint density at radius 3 is 1.97 bits per heavy atom. The van der Waals surface area contributed by atoms with E-state index >= 15 is 0 Å². The summed E-state index contributed by atoms with van der Waals surface area (Å²) >= 11 is 6.01. The SMILES string of the molecule is CS(=O)(=O)CCC1(CCS(C)(=O)=O)C(=O)c2ccccc2OC1c1ccc(Cl)cc1. The van der Waals surface area contributed by atoms with Crippen molar-refractivity contribution in [2.75, 3.05) is 24.0 Å². The molecule has 1 unspecified atom stereocenters. The summed E-state index contributed by atoms with van der Waals surface area (Å²) in [6, 6.07) is 13.5. The van der Waals surface area contributed by atoms with E-state index in [4.69, 9.17) is 16.3 Å². The van der Waals surface area contributed by atoms with Crippen LogP contribution in [0.4, 0.5) is 0 Å². The molecule has 2 aromatic rings. The number of sulfone groups is 2. The second kappa shape index (κ2) is 8.32. The van der Waals surface area contributed by atoms with Crippen molar-refractivity contribution in [1.82, 2.24) is 0 Å². The molecule has 1 atom stereocenters. The fourth-order valence-electron chi connectivity index (χ4n) is 3.76. The number of Topliss-reactive ketones (excluding diaryl/α,β-unsaturated/α-hetero) is 1. The van der Waals surface area contributed by atoms with Gasteiger partial charge in [0.05, 0.1) is 22.5 Å². The highest BCUT2D eigenvalue weighted by Gasteiger charge is 2.52. The minimum Gasteiger partial charge on any atom is -0.484 e. The number of halogens is 1. The number of ketones is 1. The van der Waals surface area contributed by atoms with Gasteiger partial charge in [-0.3, -0.25) is 4.79 Å². The first-order valence-corrected chi connectivity index (χ1v) is 13.8. The van der Waals surface area contributed by atoms with Gasteiger partial charge in [-0.15, -0.1) is 0 Å². The number of hydrogen-bond donors (Lipinski definition) is 0. The zero-order valence-corrected chi connectivity index (χ0v) is 19.1. The first-order valence-electron chi connectivity index (χ1n) is 9.33. The molecule has 162 valence electrons. The fourth-order valence-corrected chi connectivity index (χ4v) is 5.35. The quantitative estimate of drug-likeness (QED) is 0.614. The van der Waals surface area contributed by atoms with Crippen LogP contribution < -0.4 is 4.74 Å². The van der Waals surface area contributed by atoms with E-state index in [1.54, 1.807) is 48.5 Å². The number of hydrogen-bond acceptors (Lipinski definition) is 6. The van der Waals surface area contributed by atoms with Crippen molar-refractivity contribution in [3.8, 4) is 5.75 Å². The average molecular weight is 471 g/mol. The van der Waals surface area contributed by atoms with Gasteiger partial charge in [0.2, 0.25) is 0 Å². The van der Waals surface area contributed by atoms with Crippen LogP contribution in [0.2, 0.25) is 5.02 Å². The molecule has 3 rings (SSSR count). The molecule has 9 heteroatoms. The van der Waals surface area contributed by atoms with Gasteiger partial charge in [-0.25, -0.2) is 16.8 Å². The standard InChI is InChI=1S/C21H23ClO6S2/c1-29(24,25)13-11-21(12-14-30(2,26)27)19(23)17-5-3-4-6-18(17)28-20(21)15-7-9-16(22)10-8-15/h3-10,20H,11-14H2,1-2H3. The van der Waals surface area contributed by atoms with Crippen molar-refractivity contribution in [2.24, 2.45) is 5.41 Å². The van der Waals surface area contributed by atoms with Crippen molar-refractivity contribution < 1.29 is 26.4 Å². The summed E-state index contributed by atoms with van der Waals surface area (Å²) in [6.07, 6.45) is 1.23. The molecular formula is C21H23ClO6S2. The largest absolute Gasteiger partial charge is 0.484 e. The maximum Gasteiger partial charge on any atom is 0.176 e. The van der Waals surface area contributed by atoms with Crippen LogP contribution in [0.1, 0.15) is 34.9 Å².